The largest absolute Gasteiger partial charge is 0.434 e. The van der Waals surface area contributed by atoms with Gasteiger partial charge < -0.3 is 4.74 Å². The molecule has 1 aliphatic rings. The van der Waals surface area contributed by atoms with Crippen molar-refractivity contribution in [2.75, 3.05) is 0 Å². The third-order valence-corrected chi connectivity index (χ3v) is 6.37. The lowest BCUT2D eigenvalue weighted by atomic mass is 9.76. The fraction of sp³-hybridized carbons (Fsp3) is 0.600. The van der Waals surface area contributed by atoms with Crippen molar-refractivity contribution in [3.05, 3.63) is 41.2 Å². The van der Waals surface area contributed by atoms with Crippen LogP contribution in [0.5, 0.6) is 5.75 Å². The van der Waals surface area contributed by atoms with Crippen LogP contribution in [-0.2, 0) is 6.42 Å². The fourth-order valence-corrected chi connectivity index (χ4v) is 4.84. The second-order valence-corrected chi connectivity index (χ2v) is 8.50. The van der Waals surface area contributed by atoms with E-state index in [1.807, 2.05) is 12.1 Å². The quantitative estimate of drug-likeness (QED) is 0.380. The molecule has 0 unspecified atom stereocenters. The normalized spacial score (nSPS) is 19.8. The molecule has 0 aromatic heterocycles. The Morgan fingerprint density at radius 3 is 2.41 bits per heavy atom. The van der Waals surface area contributed by atoms with Gasteiger partial charge in [0.25, 0.3) is 0 Å². The molecule has 29 heavy (non-hydrogen) atoms. The van der Waals surface area contributed by atoms with Gasteiger partial charge in [0.15, 0.2) is 0 Å². The lowest BCUT2D eigenvalue weighted by Crippen LogP contribution is -2.16. The van der Waals surface area contributed by atoms with E-state index in [0.29, 0.717) is 22.3 Å². The van der Waals surface area contributed by atoms with Crippen molar-refractivity contribution in [2.45, 2.75) is 90.6 Å². The van der Waals surface area contributed by atoms with Crippen molar-refractivity contribution in [2.24, 2.45) is 5.92 Å². The maximum atomic E-state index is 15.5. The van der Waals surface area contributed by atoms with E-state index in [1.165, 1.54) is 25.7 Å². The zero-order chi connectivity index (χ0) is 20.8. The van der Waals surface area contributed by atoms with E-state index in [4.69, 9.17) is 4.74 Å². The van der Waals surface area contributed by atoms with Crippen LogP contribution < -0.4 is 4.74 Å². The van der Waals surface area contributed by atoms with Crippen molar-refractivity contribution in [1.29, 1.82) is 0 Å². The molecular formula is C25H33F3O. The first-order chi connectivity index (χ1) is 14.0. The minimum atomic E-state index is -2.95. The Morgan fingerprint density at radius 2 is 1.76 bits per heavy atom. The summed E-state index contributed by atoms with van der Waals surface area (Å²) in [5.74, 6) is 0.270. The van der Waals surface area contributed by atoms with E-state index in [1.54, 1.807) is 12.1 Å². The van der Waals surface area contributed by atoms with E-state index < -0.39 is 6.61 Å². The van der Waals surface area contributed by atoms with E-state index in [0.717, 1.165) is 44.1 Å². The summed E-state index contributed by atoms with van der Waals surface area (Å²) in [6.45, 7) is 1.34. The van der Waals surface area contributed by atoms with Crippen molar-refractivity contribution < 1.29 is 17.9 Å². The molecule has 2 aromatic carbocycles. The van der Waals surface area contributed by atoms with Gasteiger partial charge in [0.1, 0.15) is 11.6 Å². The highest BCUT2D eigenvalue weighted by molar-refractivity contribution is 5.86. The monoisotopic (exact) mass is 406 g/mol. The molecule has 0 saturated heterocycles. The molecule has 0 radical (unpaired) electrons. The lowest BCUT2D eigenvalue weighted by molar-refractivity contribution is -0.0508. The molecule has 0 N–H and O–H groups in total. The summed E-state index contributed by atoms with van der Waals surface area (Å²) in [6.07, 6.45) is 10.6. The van der Waals surface area contributed by atoms with E-state index in [-0.39, 0.29) is 17.5 Å². The van der Waals surface area contributed by atoms with Crippen LogP contribution in [-0.4, -0.2) is 6.61 Å². The SMILES string of the molecule is CCCCCC1CCC(c2c(OC(F)F)cc3cc(CCC)ccc3c2F)CC1. The predicted molar refractivity (Wildman–Crippen MR) is 113 cm³/mol. The number of hydrogen-bond acceptors (Lipinski definition) is 1. The predicted octanol–water partition coefficient (Wildman–Crippen LogP) is 8.39. The molecule has 0 spiro atoms. The van der Waals surface area contributed by atoms with Crippen LogP contribution in [0.2, 0.25) is 0 Å². The maximum Gasteiger partial charge on any atom is 0.387 e. The van der Waals surface area contributed by atoms with Gasteiger partial charge in [-0.25, -0.2) is 4.39 Å². The number of benzene rings is 2. The third kappa shape index (κ3) is 5.46. The van der Waals surface area contributed by atoms with Crippen LogP contribution in [0.4, 0.5) is 13.2 Å². The number of hydrogen-bond donors (Lipinski definition) is 0. The van der Waals surface area contributed by atoms with Gasteiger partial charge in [-0.3, -0.25) is 0 Å². The van der Waals surface area contributed by atoms with E-state index >= 15 is 4.39 Å². The van der Waals surface area contributed by atoms with Crippen LogP contribution in [0.15, 0.2) is 24.3 Å². The summed E-state index contributed by atoms with van der Waals surface area (Å²) in [5, 5.41) is 1.15. The zero-order valence-corrected chi connectivity index (χ0v) is 17.7. The number of ether oxygens (including phenoxy) is 1. The fourth-order valence-electron chi connectivity index (χ4n) is 4.84. The minimum Gasteiger partial charge on any atom is -0.434 e. The number of rotatable bonds is 9. The first-order valence-corrected chi connectivity index (χ1v) is 11.2. The van der Waals surface area contributed by atoms with Crippen molar-refractivity contribution in [3.63, 3.8) is 0 Å². The molecule has 0 aliphatic heterocycles. The minimum absolute atomic E-state index is 0.0214. The molecular weight excluding hydrogens is 373 g/mol. The Balaban J connectivity index is 1.87. The number of fused-ring (bicyclic) bond motifs is 1. The molecule has 1 aliphatic carbocycles. The van der Waals surface area contributed by atoms with Crippen LogP contribution in [0.1, 0.15) is 88.7 Å². The van der Waals surface area contributed by atoms with Crippen LogP contribution in [0.25, 0.3) is 10.8 Å². The Bertz CT molecular complexity index is 794. The number of aryl methyl sites for hydroxylation is 1. The summed E-state index contributed by atoms with van der Waals surface area (Å²) in [7, 11) is 0. The second-order valence-electron chi connectivity index (χ2n) is 8.50. The Labute approximate surface area is 172 Å². The number of alkyl halides is 2. The lowest BCUT2D eigenvalue weighted by Gasteiger charge is -2.30. The summed E-state index contributed by atoms with van der Waals surface area (Å²) in [5.41, 5.74) is 1.44. The summed E-state index contributed by atoms with van der Waals surface area (Å²) in [6, 6.07) is 7.25. The average Bonchev–Trinajstić information content (AvgIpc) is 2.69. The van der Waals surface area contributed by atoms with Gasteiger partial charge in [-0.2, -0.15) is 8.78 Å². The van der Waals surface area contributed by atoms with Crippen molar-refractivity contribution in [3.8, 4) is 5.75 Å². The molecule has 1 nitrogen and oxygen atoms in total. The first-order valence-electron chi connectivity index (χ1n) is 11.2. The Hall–Kier alpha value is -1.71. The third-order valence-electron chi connectivity index (χ3n) is 6.37. The van der Waals surface area contributed by atoms with Gasteiger partial charge in [0.2, 0.25) is 0 Å². The van der Waals surface area contributed by atoms with Gasteiger partial charge in [-0.1, -0.05) is 64.2 Å². The molecule has 0 bridgehead atoms. The van der Waals surface area contributed by atoms with Gasteiger partial charge >= 0.3 is 6.61 Å². The molecule has 4 heteroatoms. The highest BCUT2D eigenvalue weighted by Crippen LogP contribution is 2.44. The van der Waals surface area contributed by atoms with E-state index in [9.17, 15) is 8.78 Å². The smallest absolute Gasteiger partial charge is 0.387 e. The number of halogens is 3. The van der Waals surface area contributed by atoms with Crippen molar-refractivity contribution in [1.82, 2.24) is 0 Å². The van der Waals surface area contributed by atoms with Crippen LogP contribution in [0, 0.1) is 11.7 Å². The molecule has 0 amide bonds. The van der Waals surface area contributed by atoms with Crippen molar-refractivity contribution >= 4 is 10.8 Å². The standard InChI is InChI=1S/C25H33F3O/c1-3-5-6-8-17-9-12-19(13-10-17)23-22(29-25(27)28)16-20-15-18(7-4-2)11-14-21(20)24(23)26/h11,14-17,19,25H,3-10,12-13H2,1-2H3. The highest BCUT2D eigenvalue weighted by Gasteiger charge is 2.29. The molecule has 0 atom stereocenters. The van der Waals surface area contributed by atoms with Crippen LogP contribution >= 0.6 is 0 Å². The zero-order valence-electron chi connectivity index (χ0n) is 17.7. The Kier molecular flexibility index (Phi) is 7.85. The summed E-state index contributed by atoms with van der Waals surface area (Å²) in [4.78, 5) is 0. The summed E-state index contributed by atoms with van der Waals surface area (Å²) >= 11 is 0. The maximum absolute atomic E-state index is 15.5. The van der Waals surface area contributed by atoms with Gasteiger partial charge in [-0.05, 0) is 61.0 Å². The second kappa shape index (κ2) is 10.4. The van der Waals surface area contributed by atoms with Gasteiger partial charge in [0.05, 0.1) is 0 Å². The Morgan fingerprint density at radius 1 is 1.00 bits per heavy atom. The molecule has 2 aromatic rings. The topological polar surface area (TPSA) is 9.23 Å². The molecule has 1 saturated carbocycles. The average molecular weight is 407 g/mol. The van der Waals surface area contributed by atoms with Gasteiger partial charge in [0, 0.05) is 10.9 Å². The molecule has 1 fully saturated rings. The van der Waals surface area contributed by atoms with Crippen LogP contribution in [0.3, 0.4) is 0 Å². The molecule has 0 heterocycles. The molecule has 3 rings (SSSR count). The highest BCUT2D eigenvalue weighted by atomic mass is 19.3. The summed E-state index contributed by atoms with van der Waals surface area (Å²) < 4.78 is 46.5. The number of unbranched alkanes of at least 4 members (excludes halogenated alkanes) is 2. The molecule has 160 valence electrons. The first kappa shape index (κ1) is 22.0. The van der Waals surface area contributed by atoms with E-state index in [2.05, 4.69) is 13.8 Å². The van der Waals surface area contributed by atoms with Gasteiger partial charge in [-0.15, -0.1) is 0 Å².